The van der Waals surface area contributed by atoms with Crippen molar-refractivity contribution in [1.82, 2.24) is 0 Å². The molecular weight excluding hydrogens is 288 g/mol. The Labute approximate surface area is 128 Å². The molecule has 0 aliphatic heterocycles. The Morgan fingerprint density at radius 3 is 2.71 bits per heavy atom. The van der Waals surface area contributed by atoms with E-state index in [0.717, 1.165) is 23.3 Å². The minimum atomic E-state index is -1.14. The standard InChI is InChI=1S/C15H18N2O3S/c1-4-5-11-6-14(21-10(11)3)15(19)20-8-13(18)12(7-16)9(2)17/h6,12,17H,4-5,8H2,1-3H3/t12-/m1/s1. The van der Waals surface area contributed by atoms with Crippen LogP contribution in [0.3, 0.4) is 0 Å². The van der Waals surface area contributed by atoms with Gasteiger partial charge in [0.15, 0.2) is 12.4 Å². The number of nitrogens with zero attached hydrogens (tertiary/aromatic N) is 1. The fourth-order valence-electron chi connectivity index (χ4n) is 1.84. The van der Waals surface area contributed by atoms with E-state index in [1.807, 2.05) is 6.92 Å². The number of ketones is 1. The van der Waals surface area contributed by atoms with Gasteiger partial charge < -0.3 is 10.1 Å². The van der Waals surface area contributed by atoms with Crippen LogP contribution < -0.4 is 0 Å². The van der Waals surface area contributed by atoms with Crippen molar-refractivity contribution < 1.29 is 14.3 Å². The van der Waals surface area contributed by atoms with E-state index >= 15 is 0 Å². The van der Waals surface area contributed by atoms with Gasteiger partial charge in [-0.2, -0.15) is 5.26 Å². The highest BCUT2D eigenvalue weighted by Gasteiger charge is 2.22. The molecule has 1 atom stereocenters. The molecule has 0 spiro atoms. The molecule has 1 heterocycles. The molecule has 6 heteroatoms. The first-order chi connectivity index (χ1) is 9.90. The number of Topliss-reactive ketones (excluding diaryl/α,β-unsaturated/α-hetero) is 1. The van der Waals surface area contributed by atoms with Crippen LogP contribution in [-0.2, 0) is 16.0 Å². The Morgan fingerprint density at radius 2 is 2.19 bits per heavy atom. The van der Waals surface area contributed by atoms with Crippen molar-refractivity contribution in [3.05, 3.63) is 21.4 Å². The number of nitriles is 1. The molecule has 0 aliphatic rings. The molecule has 0 radical (unpaired) electrons. The predicted molar refractivity (Wildman–Crippen MR) is 80.8 cm³/mol. The molecule has 0 fully saturated rings. The zero-order chi connectivity index (χ0) is 16.0. The highest BCUT2D eigenvalue weighted by molar-refractivity contribution is 7.14. The van der Waals surface area contributed by atoms with Crippen LogP contribution in [0.1, 0.15) is 40.4 Å². The Balaban J connectivity index is 2.66. The van der Waals surface area contributed by atoms with Crippen LogP contribution in [0.2, 0.25) is 0 Å². The number of thiophene rings is 1. The van der Waals surface area contributed by atoms with E-state index in [0.29, 0.717) is 4.88 Å². The number of esters is 1. The summed E-state index contributed by atoms with van der Waals surface area (Å²) >= 11 is 1.34. The Bertz CT molecular complexity index is 599. The molecule has 0 bridgehead atoms. The number of carbonyl (C=O) groups is 2. The average molecular weight is 306 g/mol. The van der Waals surface area contributed by atoms with Gasteiger partial charge in [0.25, 0.3) is 0 Å². The lowest BCUT2D eigenvalue weighted by atomic mass is 10.0. The third-order valence-electron chi connectivity index (χ3n) is 2.97. The Kier molecular flexibility index (Phi) is 6.25. The van der Waals surface area contributed by atoms with Crippen molar-refractivity contribution in [2.75, 3.05) is 6.61 Å². The first-order valence-corrected chi connectivity index (χ1v) is 7.46. The second-order valence-corrected chi connectivity index (χ2v) is 5.99. The molecule has 5 nitrogen and oxygen atoms in total. The Hall–Kier alpha value is -2.00. The van der Waals surface area contributed by atoms with Crippen LogP contribution in [0.15, 0.2) is 6.07 Å². The van der Waals surface area contributed by atoms with Crippen LogP contribution in [0.4, 0.5) is 0 Å². The molecule has 21 heavy (non-hydrogen) atoms. The second kappa shape index (κ2) is 7.70. The van der Waals surface area contributed by atoms with Gasteiger partial charge in [0.05, 0.1) is 6.07 Å². The summed E-state index contributed by atoms with van der Waals surface area (Å²) in [6.07, 6.45) is 1.89. The fraction of sp³-hybridized carbons (Fsp3) is 0.467. The molecule has 0 unspecified atom stereocenters. The lowest BCUT2D eigenvalue weighted by Crippen LogP contribution is -2.25. The number of ether oxygens (including phenoxy) is 1. The molecule has 1 rings (SSSR count). The van der Waals surface area contributed by atoms with E-state index in [1.54, 1.807) is 12.1 Å². The van der Waals surface area contributed by atoms with Gasteiger partial charge in [-0.25, -0.2) is 4.79 Å². The summed E-state index contributed by atoms with van der Waals surface area (Å²) < 4.78 is 4.94. The van der Waals surface area contributed by atoms with Crippen molar-refractivity contribution in [3.8, 4) is 6.07 Å². The van der Waals surface area contributed by atoms with Gasteiger partial charge in [-0.15, -0.1) is 11.3 Å². The molecule has 0 aliphatic carbocycles. The van der Waals surface area contributed by atoms with Crippen molar-refractivity contribution in [2.24, 2.45) is 5.92 Å². The van der Waals surface area contributed by atoms with Gasteiger partial charge in [0.1, 0.15) is 10.8 Å². The molecular formula is C15H18N2O3S. The maximum atomic E-state index is 11.9. The van der Waals surface area contributed by atoms with Crippen LogP contribution in [0.5, 0.6) is 0 Å². The number of aryl methyl sites for hydroxylation is 2. The van der Waals surface area contributed by atoms with Gasteiger partial charge in [-0.1, -0.05) is 13.3 Å². The molecule has 0 saturated heterocycles. The quantitative estimate of drug-likeness (QED) is 0.619. The maximum Gasteiger partial charge on any atom is 0.348 e. The molecule has 1 aromatic rings. The van der Waals surface area contributed by atoms with Crippen molar-refractivity contribution in [2.45, 2.75) is 33.6 Å². The lowest BCUT2D eigenvalue weighted by Gasteiger charge is -2.06. The highest BCUT2D eigenvalue weighted by Crippen LogP contribution is 2.23. The third-order valence-corrected chi connectivity index (χ3v) is 4.04. The molecule has 0 amide bonds. The second-order valence-electron chi connectivity index (χ2n) is 4.73. The summed E-state index contributed by atoms with van der Waals surface area (Å²) in [6, 6.07) is 3.52. The fourth-order valence-corrected chi connectivity index (χ4v) is 2.80. The van der Waals surface area contributed by atoms with E-state index in [2.05, 4.69) is 6.92 Å². The third kappa shape index (κ3) is 4.50. The van der Waals surface area contributed by atoms with E-state index in [9.17, 15) is 9.59 Å². The number of nitrogens with one attached hydrogen (secondary N) is 1. The first kappa shape index (κ1) is 17.1. The number of hydrogen-bond donors (Lipinski definition) is 1. The SMILES string of the molecule is CCCc1cc(C(=O)OCC(=O)[C@H](C#N)C(C)=N)sc1C. The van der Waals surface area contributed by atoms with Crippen LogP contribution in [0, 0.1) is 29.6 Å². The van der Waals surface area contributed by atoms with Gasteiger partial charge in [-0.05, 0) is 31.9 Å². The first-order valence-electron chi connectivity index (χ1n) is 6.64. The van der Waals surface area contributed by atoms with Crippen LogP contribution >= 0.6 is 11.3 Å². The van der Waals surface area contributed by atoms with Crippen molar-refractivity contribution in [3.63, 3.8) is 0 Å². The van der Waals surface area contributed by atoms with Gasteiger partial charge in [0.2, 0.25) is 0 Å². The van der Waals surface area contributed by atoms with Crippen molar-refractivity contribution in [1.29, 1.82) is 10.7 Å². The number of rotatable bonds is 7. The summed E-state index contributed by atoms with van der Waals surface area (Å²) in [5, 5.41) is 16.1. The van der Waals surface area contributed by atoms with Crippen molar-refractivity contribution >= 4 is 28.8 Å². The monoisotopic (exact) mass is 306 g/mol. The molecule has 0 saturated carbocycles. The molecule has 1 N–H and O–H groups in total. The molecule has 1 aromatic heterocycles. The predicted octanol–water partition coefficient (Wildman–Crippen LogP) is 2.91. The number of hydrogen-bond acceptors (Lipinski definition) is 6. The van der Waals surface area contributed by atoms with E-state index in [1.165, 1.54) is 18.3 Å². The summed E-state index contributed by atoms with van der Waals surface area (Å²) in [5.41, 5.74) is 1.07. The van der Waals surface area contributed by atoms with Crippen LogP contribution in [0.25, 0.3) is 0 Å². The van der Waals surface area contributed by atoms with Gasteiger partial charge in [-0.3, -0.25) is 4.79 Å². The summed E-state index contributed by atoms with van der Waals surface area (Å²) in [7, 11) is 0. The summed E-state index contributed by atoms with van der Waals surface area (Å²) in [5.74, 6) is -2.27. The minimum absolute atomic E-state index is 0.0456. The summed E-state index contributed by atoms with van der Waals surface area (Å²) in [6.45, 7) is 4.91. The summed E-state index contributed by atoms with van der Waals surface area (Å²) in [4.78, 5) is 25.1. The minimum Gasteiger partial charge on any atom is -0.453 e. The zero-order valence-electron chi connectivity index (χ0n) is 12.4. The van der Waals surface area contributed by atoms with E-state index < -0.39 is 24.3 Å². The number of carbonyl (C=O) groups excluding carboxylic acids is 2. The highest BCUT2D eigenvalue weighted by atomic mass is 32.1. The zero-order valence-corrected chi connectivity index (χ0v) is 13.2. The Morgan fingerprint density at radius 1 is 1.52 bits per heavy atom. The van der Waals surface area contributed by atoms with E-state index in [4.69, 9.17) is 15.4 Å². The topological polar surface area (TPSA) is 91.0 Å². The lowest BCUT2D eigenvalue weighted by molar-refractivity contribution is -0.122. The van der Waals surface area contributed by atoms with Gasteiger partial charge >= 0.3 is 5.97 Å². The van der Waals surface area contributed by atoms with E-state index in [-0.39, 0.29) is 5.71 Å². The van der Waals surface area contributed by atoms with Crippen LogP contribution in [-0.4, -0.2) is 24.1 Å². The largest absolute Gasteiger partial charge is 0.453 e. The molecule has 112 valence electrons. The smallest absolute Gasteiger partial charge is 0.348 e. The maximum absolute atomic E-state index is 11.9. The average Bonchev–Trinajstić information content (AvgIpc) is 2.78. The van der Waals surface area contributed by atoms with Gasteiger partial charge in [0, 0.05) is 10.6 Å². The normalized spacial score (nSPS) is 11.5. The molecule has 0 aromatic carbocycles.